The number of carboxylic acid groups (broad SMARTS) is 1. The number of carbonyl (C=O) groups is 2. The van der Waals surface area contributed by atoms with Gasteiger partial charge in [0.15, 0.2) is 5.78 Å². The van der Waals surface area contributed by atoms with E-state index in [0.717, 1.165) is 0 Å². The van der Waals surface area contributed by atoms with E-state index in [9.17, 15) is 19.8 Å². The predicted octanol–water partition coefficient (Wildman–Crippen LogP) is -2.67. The van der Waals surface area contributed by atoms with Crippen molar-refractivity contribution in [3.63, 3.8) is 0 Å². The van der Waals surface area contributed by atoms with Gasteiger partial charge in [-0.3, -0.25) is 14.9 Å². The first-order chi connectivity index (χ1) is 8.72. The second-order valence-electron chi connectivity index (χ2n) is 4.59. The Hall–Kier alpha value is -1.06. The lowest BCUT2D eigenvalue weighted by Gasteiger charge is -2.22. The number of ketones is 1. The molecule has 0 unspecified atom stereocenters. The number of rotatable bonds is 9. The Bertz CT molecular complexity index is 307. The summed E-state index contributed by atoms with van der Waals surface area (Å²) in [6.45, 7) is 2.03. The summed E-state index contributed by atoms with van der Waals surface area (Å²) >= 11 is 0. The summed E-state index contributed by atoms with van der Waals surface area (Å²) < 4.78 is 0. The maximum absolute atomic E-state index is 11.5. The van der Waals surface area contributed by atoms with Crippen LogP contribution in [0.25, 0.3) is 0 Å². The normalized spacial score (nSPS) is 17.8. The topological polar surface area (TPSA) is 147 Å². The molecule has 0 aromatic carbocycles. The Labute approximate surface area is 110 Å². The fourth-order valence-corrected chi connectivity index (χ4v) is 1.43. The van der Waals surface area contributed by atoms with Crippen molar-refractivity contribution in [2.24, 2.45) is 5.92 Å². The lowest BCUT2D eigenvalue weighted by atomic mass is 10.0. The van der Waals surface area contributed by atoms with Crippen LogP contribution >= 0.6 is 0 Å². The molecular formula is C11H21NO7. The minimum atomic E-state index is -1.89. The first-order valence-corrected chi connectivity index (χ1v) is 5.86. The number of hydrogen-bond donors (Lipinski definition) is 6. The summed E-state index contributed by atoms with van der Waals surface area (Å²) in [5.74, 6) is -2.27. The van der Waals surface area contributed by atoms with Crippen LogP contribution < -0.4 is 5.32 Å². The summed E-state index contributed by atoms with van der Waals surface area (Å²) in [6.07, 6.45) is -5.35. The Kier molecular flexibility index (Phi) is 7.72. The van der Waals surface area contributed by atoms with Crippen LogP contribution in [0.4, 0.5) is 0 Å². The first-order valence-electron chi connectivity index (χ1n) is 5.86. The molecule has 0 fully saturated rings. The molecular weight excluding hydrogens is 258 g/mol. The summed E-state index contributed by atoms with van der Waals surface area (Å²) in [6, 6.07) is -0.962. The highest BCUT2D eigenvalue weighted by Crippen LogP contribution is 2.04. The average molecular weight is 279 g/mol. The maximum Gasteiger partial charge on any atom is 0.320 e. The van der Waals surface area contributed by atoms with Gasteiger partial charge in [0.1, 0.15) is 24.4 Å². The van der Waals surface area contributed by atoms with Crippen LogP contribution in [-0.2, 0) is 9.59 Å². The highest BCUT2D eigenvalue weighted by Gasteiger charge is 2.30. The van der Waals surface area contributed by atoms with Crippen molar-refractivity contribution in [1.29, 1.82) is 0 Å². The van der Waals surface area contributed by atoms with E-state index >= 15 is 0 Å². The number of aliphatic hydroxyl groups excluding tert-OH is 4. The van der Waals surface area contributed by atoms with Gasteiger partial charge in [0.05, 0.1) is 13.2 Å². The molecule has 0 spiro atoms. The third-order valence-electron chi connectivity index (χ3n) is 2.66. The molecule has 0 aliphatic heterocycles. The monoisotopic (exact) mass is 279 g/mol. The molecule has 0 saturated carbocycles. The van der Waals surface area contributed by atoms with Crippen molar-refractivity contribution in [3.05, 3.63) is 0 Å². The van der Waals surface area contributed by atoms with Gasteiger partial charge < -0.3 is 25.5 Å². The van der Waals surface area contributed by atoms with E-state index in [1.807, 2.05) is 0 Å². The summed E-state index contributed by atoms with van der Waals surface area (Å²) in [5, 5.41) is 47.7. The number of aliphatic carboxylic acids is 1. The number of aliphatic hydroxyl groups is 4. The second kappa shape index (κ2) is 8.18. The fraction of sp³-hybridized carbons (Fsp3) is 0.818. The summed E-state index contributed by atoms with van der Waals surface area (Å²) in [5.41, 5.74) is 0. The average Bonchev–Trinajstić information content (AvgIpc) is 2.34. The molecule has 0 aromatic rings. The zero-order chi connectivity index (χ0) is 15.2. The van der Waals surface area contributed by atoms with E-state index < -0.39 is 49.3 Å². The second-order valence-corrected chi connectivity index (χ2v) is 4.59. The van der Waals surface area contributed by atoms with Crippen molar-refractivity contribution < 1.29 is 35.1 Å². The predicted molar refractivity (Wildman–Crippen MR) is 64.4 cm³/mol. The van der Waals surface area contributed by atoms with Gasteiger partial charge in [-0.25, -0.2) is 0 Å². The number of nitrogens with one attached hydrogen (secondary N) is 1. The van der Waals surface area contributed by atoms with Gasteiger partial charge in [-0.1, -0.05) is 13.8 Å². The molecule has 6 N–H and O–H groups in total. The van der Waals surface area contributed by atoms with Crippen LogP contribution in [-0.4, -0.2) is 74.8 Å². The van der Waals surface area contributed by atoms with Gasteiger partial charge in [-0.05, 0) is 5.92 Å². The molecule has 0 rings (SSSR count). The first kappa shape index (κ1) is 17.9. The highest BCUT2D eigenvalue weighted by atomic mass is 16.4. The van der Waals surface area contributed by atoms with Crippen LogP contribution in [0.3, 0.4) is 0 Å². The van der Waals surface area contributed by atoms with E-state index in [0.29, 0.717) is 0 Å². The number of carboxylic acids is 1. The van der Waals surface area contributed by atoms with Gasteiger partial charge in [-0.2, -0.15) is 0 Å². The molecule has 4 atom stereocenters. The summed E-state index contributed by atoms with van der Waals surface area (Å²) in [4.78, 5) is 22.3. The van der Waals surface area contributed by atoms with E-state index in [2.05, 4.69) is 5.32 Å². The highest BCUT2D eigenvalue weighted by molar-refractivity contribution is 5.86. The van der Waals surface area contributed by atoms with Gasteiger partial charge >= 0.3 is 5.97 Å². The van der Waals surface area contributed by atoms with Gasteiger partial charge in [0.25, 0.3) is 0 Å². The molecule has 0 amide bonds. The Morgan fingerprint density at radius 3 is 2.05 bits per heavy atom. The molecule has 0 aliphatic carbocycles. The lowest BCUT2D eigenvalue weighted by Crippen LogP contribution is -2.49. The zero-order valence-corrected chi connectivity index (χ0v) is 10.9. The minimum absolute atomic E-state index is 0.268. The van der Waals surface area contributed by atoms with Crippen LogP contribution in [0, 0.1) is 5.92 Å². The standard InChI is InChI=1S/C11H21NO7/c1-5(2)8(11(18)19)12-3-6(14)9(16)10(17)7(15)4-13/h5,7-10,12-13,15-17H,3-4H2,1-2H3,(H,18,19)/t7-,8+,9-,10+/m1/s1. The van der Waals surface area contributed by atoms with Crippen LogP contribution in [0.2, 0.25) is 0 Å². The fourth-order valence-electron chi connectivity index (χ4n) is 1.43. The Morgan fingerprint density at radius 1 is 1.16 bits per heavy atom. The lowest BCUT2D eigenvalue weighted by molar-refractivity contribution is -0.142. The SMILES string of the molecule is CC(C)[C@H](NCC(=O)[C@@H](O)[C@@H](O)[C@H](O)CO)C(=O)O. The van der Waals surface area contributed by atoms with Gasteiger partial charge in [0.2, 0.25) is 0 Å². The molecule has 8 heteroatoms. The minimum Gasteiger partial charge on any atom is -0.480 e. The van der Waals surface area contributed by atoms with Crippen molar-refractivity contribution in [2.45, 2.75) is 38.2 Å². The molecule has 19 heavy (non-hydrogen) atoms. The maximum atomic E-state index is 11.5. The molecule has 0 aromatic heterocycles. The van der Waals surface area contributed by atoms with E-state index in [1.54, 1.807) is 13.8 Å². The molecule has 8 nitrogen and oxygen atoms in total. The third-order valence-corrected chi connectivity index (χ3v) is 2.66. The molecule has 0 saturated heterocycles. The molecule has 0 radical (unpaired) electrons. The van der Waals surface area contributed by atoms with E-state index in [-0.39, 0.29) is 5.92 Å². The third kappa shape index (κ3) is 5.62. The van der Waals surface area contributed by atoms with Crippen LogP contribution in [0.15, 0.2) is 0 Å². The van der Waals surface area contributed by atoms with Gasteiger partial charge in [-0.15, -0.1) is 0 Å². The van der Waals surface area contributed by atoms with E-state index in [4.69, 9.17) is 15.3 Å². The Morgan fingerprint density at radius 2 is 1.68 bits per heavy atom. The molecule has 0 aliphatic rings. The largest absolute Gasteiger partial charge is 0.480 e. The smallest absolute Gasteiger partial charge is 0.320 e. The quantitative estimate of drug-likeness (QED) is 0.268. The number of hydrogen-bond acceptors (Lipinski definition) is 7. The van der Waals surface area contributed by atoms with E-state index in [1.165, 1.54) is 0 Å². The number of carbonyl (C=O) groups excluding carboxylic acids is 1. The molecule has 112 valence electrons. The van der Waals surface area contributed by atoms with Crippen molar-refractivity contribution in [2.75, 3.05) is 13.2 Å². The summed E-state index contributed by atoms with van der Waals surface area (Å²) in [7, 11) is 0. The van der Waals surface area contributed by atoms with Crippen molar-refractivity contribution >= 4 is 11.8 Å². The zero-order valence-electron chi connectivity index (χ0n) is 10.9. The number of Topliss-reactive ketones (excluding diaryl/α,β-unsaturated/α-hetero) is 1. The molecule has 0 bridgehead atoms. The van der Waals surface area contributed by atoms with Crippen LogP contribution in [0.5, 0.6) is 0 Å². The molecule has 0 heterocycles. The van der Waals surface area contributed by atoms with Crippen molar-refractivity contribution in [1.82, 2.24) is 5.32 Å². The van der Waals surface area contributed by atoms with Gasteiger partial charge in [0, 0.05) is 0 Å². The Balaban J connectivity index is 4.41. The van der Waals surface area contributed by atoms with Crippen molar-refractivity contribution in [3.8, 4) is 0 Å². The van der Waals surface area contributed by atoms with Crippen LogP contribution in [0.1, 0.15) is 13.8 Å².